The monoisotopic (exact) mass is 540 g/mol. The van der Waals surface area contributed by atoms with Crippen molar-refractivity contribution in [3.8, 4) is 0 Å². The Morgan fingerprint density at radius 2 is 1.77 bits per heavy atom. The van der Waals surface area contributed by atoms with Gasteiger partial charge in [-0.1, -0.05) is 48.5 Å². The maximum atomic E-state index is 13.8. The van der Waals surface area contributed by atoms with E-state index in [4.69, 9.17) is 4.74 Å². The van der Waals surface area contributed by atoms with Gasteiger partial charge in [-0.25, -0.2) is 4.39 Å². The molecule has 2 aromatic carbocycles. The van der Waals surface area contributed by atoms with Gasteiger partial charge in [0.2, 0.25) is 5.91 Å². The number of halogens is 2. The quantitative estimate of drug-likeness (QED) is 0.322. The van der Waals surface area contributed by atoms with E-state index in [0.29, 0.717) is 57.3 Å². The molecule has 31 heavy (non-hydrogen) atoms. The fourth-order valence-corrected chi connectivity index (χ4v) is 3.47. The van der Waals surface area contributed by atoms with E-state index in [9.17, 15) is 9.18 Å². The number of carbonyl (C=O) groups excluding carboxylic acids is 1. The van der Waals surface area contributed by atoms with Crippen LogP contribution >= 0.6 is 24.0 Å². The molecular formula is C23H30FIN4O2. The molecule has 0 radical (unpaired) electrons. The summed E-state index contributed by atoms with van der Waals surface area (Å²) in [6, 6.07) is 16.5. The SMILES string of the molecule is CN=C(NCCc1ccccc1F)NCC(C(=O)N1CCOCC1)c1ccccc1.I. The molecule has 1 unspecified atom stereocenters. The van der Waals surface area contributed by atoms with Crippen LogP contribution in [0.15, 0.2) is 59.6 Å². The van der Waals surface area contributed by atoms with Gasteiger partial charge in [0.15, 0.2) is 5.96 Å². The fraction of sp³-hybridized carbons (Fsp3) is 0.391. The second-order valence-corrected chi connectivity index (χ2v) is 7.12. The van der Waals surface area contributed by atoms with Crippen LogP contribution in [0.25, 0.3) is 0 Å². The summed E-state index contributed by atoms with van der Waals surface area (Å²) in [5.74, 6) is 0.137. The highest BCUT2D eigenvalue weighted by Crippen LogP contribution is 2.19. The molecule has 0 aromatic heterocycles. The van der Waals surface area contributed by atoms with Gasteiger partial charge in [-0.15, -0.1) is 24.0 Å². The first-order valence-electron chi connectivity index (χ1n) is 10.3. The van der Waals surface area contributed by atoms with Crippen molar-refractivity contribution in [2.75, 3.05) is 46.4 Å². The normalized spacial score (nSPS) is 15.0. The average Bonchev–Trinajstić information content (AvgIpc) is 2.80. The van der Waals surface area contributed by atoms with Crippen molar-refractivity contribution in [2.24, 2.45) is 4.99 Å². The van der Waals surface area contributed by atoms with Gasteiger partial charge in [-0.2, -0.15) is 0 Å². The molecule has 0 spiro atoms. The highest BCUT2D eigenvalue weighted by Gasteiger charge is 2.27. The minimum absolute atomic E-state index is 0. The first kappa shape index (κ1) is 25.1. The smallest absolute Gasteiger partial charge is 0.232 e. The van der Waals surface area contributed by atoms with E-state index in [1.165, 1.54) is 6.07 Å². The molecule has 1 fully saturated rings. The molecule has 3 rings (SSSR count). The maximum absolute atomic E-state index is 13.8. The zero-order valence-electron chi connectivity index (χ0n) is 17.7. The van der Waals surface area contributed by atoms with Crippen LogP contribution in [0.4, 0.5) is 4.39 Å². The Balaban J connectivity index is 0.00000341. The molecule has 1 heterocycles. The molecule has 1 aliphatic rings. The summed E-state index contributed by atoms with van der Waals surface area (Å²) in [4.78, 5) is 19.3. The first-order valence-corrected chi connectivity index (χ1v) is 10.3. The third-order valence-electron chi connectivity index (χ3n) is 5.16. The van der Waals surface area contributed by atoms with E-state index in [1.807, 2.05) is 41.3 Å². The van der Waals surface area contributed by atoms with Gasteiger partial charge in [-0.3, -0.25) is 9.79 Å². The van der Waals surface area contributed by atoms with E-state index in [0.717, 1.165) is 5.56 Å². The number of nitrogens with zero attached hydrogens (tertiary/aromatic N) is 2. The number of ether oxygens (including phenoxy) is 1. The molecule has 6 nitrogen and oxygen atoms in total. The van der Waals surface area contributed by atoms with Crippen molar-refractivity contribution in [3.05, 3.63) is 71.5 Å². The molecule has 1 aliphatic heterocycles. The summed E-state index contributed by atoms with van der Waals surface area (Å²) in [5, 5.41) is 6.45. The van der Waals surface area contributed by atoms with E-state index in [2.05, 4.69) is 15.6 Å². The Bertz CT molecular complexity index is 844. The number of rotatable bonds is 7. The predicted octanol–water partition coefficient (Wildman–Crippen LogP) is 2.79. The molecule has 168 valence electrons. The summed E-state index contributed by atoms with van der Waals surface area (Å²) in [6.45, 7) is 3.31. The number of hydrogen-bond acceptors (Lipinski definition) is 3. The Kier molecular flexibility index (Phi) is 10.7. The molecule has 2 N–H and O–H groups in total. The highest BCUT2D eigenvalue weighted by molar-refractivity contribution is 14.0. The second kappa shape index (κ2) is 13.3. The first-order chi connectivity index (χ1) is 14.7. The molecular weight excluding hydrogens is 510 g/mol. The lowest BCUT2D eigenvalue weighted by atomic mass is 9.97. The van der Waals surface area contributed by atoms with Gasteiger partial charge in [0, 0.05) is 33.2 Å². The number of aliphatic imine (C=N–C) groups is 1. The van der Waals surface area contributed by atoms with Crippen LogP contribution in [0.3, 0.4) is 0 Å². The predicted molar refractivity (Wildman–Crippen MR) is 131 cm³/mol. The van der Waals surface area contributed by atoms with E-state index < -0.39 is 0 Å². The van der Waals surface area contributed by atoms with Gasteiger partial charge in [-0.05, 0) is 23.6 Å². The number of benzene rings is 2. The molecule has 1 atom stereocenters. The number of amides is 1. The van der Waals surface area contributed by atoms with Crippen LogP contribution in [0.2, 0.25) is 0 Å². The van der Waals surface area contributed by atoms with Crippen LogP contribution < -0.4 is 10.6 Å². The third-order valence-corrected chi connectivity index (χ3v) is 5.16. The Morgan fingerprint density at radius 1 is 1.10 bits per heavy atom. The number of guanidine groups is 1. The fourth-order valence-electron chi connectivity index (χ4n) is 3.47. The van der Waals surface area contributed by atoms with Crippen molar-refractivity contribution >= 4 is 35.8 Å². The van der Waals surface area contributed by atoms with E-state index >= 15 is 0 Å². The summed E-state index contributed by atoms with van der Waals surface area (Å²) in [5.41, 5.74) is 1.62. The van der Waals surface area contributed by atoms with Crippen LogP contribution in [-0.2, 0) is 16.0 Å². The van der Waals surface area contributed by atoms with Crippen molar-refractivity contribution in [3.63, 3.8) is 0 Å². The molecule has 8 heteroatoms. The van der Waals surface area contributed by atoms with Crippen molar-refractivity contribution < 1.29 is 13.9 Å². The third kappa shape index (κ3) is 7.46. The molecule has 1 saturated heterocycles. The Morgan fingerprint density at radius 3 is 2.45 bits per heavy atom. The minimum atomic E-state index is -0.325. The molecule has 1 amide bonds. The van der Waals surface area contributed by atoms with Gasteiger partial charge >= 0.3 is 0 Å². The molecule has 2 aromatic rings. The van der Waals surface area contributed by atoms with Crippen LogP contribution in [-0.4, -0.2) is 63.2 Å². The van der Waals surface area contributed by atoms with Gasteiger partial charge < -0.3 is 20.3 Å². The van der Waals surface area contributed by atoms with Crippen LogP contribution in [0.1, 0.15) is 17.0 Å². The van der Waals surface area contributed by atoms with E-state index in [1.54, 1.807) is 19.2 Å². The average molecular weight is 540 g/mol. The second-order valence-electron chi connectivity index (χ2n) is 7.12. The molecule has 0 saturated carbocycles. The molecule has 0 aliphatic carbocycles. The van der Waals surface area contributed by atoms with Gasteiger partial charge in [0.1, 0.15) is 5.82 Å². The number of nitrogens with one attached hydrogen (secondary N) is 2. The van der Waals surface area contributed by atoms with Crippen LogP contribution in [0, 0.1) is 5.82 Å². The van der Waals surface area contributed by atoms with Crippen molar-refractivity contribution in [1.82, 2.24) is 15.5 Å². The standard InChI is InChI=1S/C23H29FN4O2.HI/c1-25-23(26-12-11-19-9-5-6-10-21(19)24)27-17-20(18-7-3-2-4-8-18)22(29)28-13-15-30-16-14-28;/h2-10,20H,11-17H2,1H3,(H2,25,26,27);1H. The Labute approximate surface area is 200 Å². The van der Waals surface area contributed by atoms with Crippen molar-refractivity contribution in [1.29, 1.82) is 0 Å². The number of morpholine rings is 1. The minimum Gasteiger partial charge on any atom is -0.378 e. The van der Waals surface area contributed by atoms with Gasteiger partial charge in [0.05, 0.1) is 19.1 Å². The lowest BCUT2D eigenvalue weighted by Gasteiger charge is -2.31. The van der Waals surface area contributed by atoms with E-state index in [-0.39, 0.29) is 41.6 Å². The Hall–Kier alpha value is -2.20. The zero-order chi connectivity index (χ0) is 21.2. The summed E-state index contributed by atoms with van der Waals surface area (Å²) >= 11 is 0. The van der Waals surface area contributed by atoms with Gasteiger partial charge in [0.25, 0.3) is 0 Å². The van der Waals surface area contributed by atoms with Crippen LogP contribution in [0.5, 0.6) is 0 Å². The highest BCUT2D eigenvalue weighted by atomic mass is 127. The lowest BCUT2D eigenvalue weighted by molar-refractivity contribution is -0.136. The van der Waals surface area contributed by atoms with Crippen molar-refractivity contribution in [2.45, 2.75) is 12.3 Å². The summed E-state index contributed by atoms with van der Waals surface area (Å²) in [6.07, 6.45) is 0.544. The summed E-state index contributed by atoms with van der Waals surface area (Å²) in [7, 11) is 1.68. The maximum Gasteiger partial charge on any atom is 0.232 e. The largest absolute Gasteiger partial charge is 0.378 e. The lowest BCUT2D eigenvalue weighted by Crippen LogP contribution is -2.47. The zero-order valence-corrected chi connectivity index (χ0v) is 20.1. The molecule has 0 bridgehead atoms. The summed E-state index contributed by atoms with van der Waals surface area (Å²) < 4.78 is 19.2. The number of carbonyl (C=O) groups is 1. The topological polar surface area (TPSA) is 66.0 Å². The number of hydrogen-bond donors (Lipinski definition) is 2.